The SMILES string of the molecule is Cc1ccc(-c2cc(C(=O)Nc3cc(C)nn3CCC#N)c3cnn(C(C)C)c3n2)cc1. The summed E-state index contributed by atoms with van der Waals surface area (Å²) in [4.78, 5) is 18.2. The van der Waals surface area contributed by atoms with E-state index >= 15 is 0 Å². The van der Waals surface area contributed by atoms with Gasteiger partial charge in [-0.3, -0.25) is 4.79 Å². The number of nitriles is 1. The molecule has 162 valence electrons. The van der Waals surface area contributed by atoms with Crippen LogP contribution in [0.4, 0.5) is 5.82 Å². The molecule has 0 aliphatic rings. The Morgan fingerprint density at radius 1 is 1.19 bits per heavy atom. The number of nitrogens with zero attached hydrogens (tertiary/aromatic N) is 6. The first-order valence-electron chi connectivity index (χ1n) is 10.6. The molecule has 0 fully saturated rings. The molecule has 0 spiro atoms. The number of fused-ring (bicyclic) bond motifs is 1. The van der Waals surface area contributed by atoms with Gasteiger partial charge in [-0.25, -0.2) is 14.3 Å². The van der Waals surface area contributed by atoms with Crippen molar-refractivity contribution in [2.24, 2.45) is 0 Å². The predicted molar refractivity (Wildman–Crippen MR) is 123 cm³/mol. The Labute approximate surface area is 186 Å². The van der Waals surface area contributed by atoms with E-state index in [4.69, 9.17) is 10.2 Å². The van der Waals surface area contributed by atoms with E-state index in [1.165, 1.54) is 0 Å². The summed E-state index contributed by atoms with van der Waals surface area (Å²) in [6.45, 7) is 8.35. The maximum Gasteiger partial charge on any atom is 0.257 e. The number of aryl methyl sites for hydroxylation is 3. The number of rotatable bonds is 6. The lowest BCUT2D eigenvalue weighted by molar-refractivity contribution is 0.102. The molecule has 4 aromatic rings. The quantitative estimate of drug-likeness (QED) is 0.482. The maximum absolute atomic E-state index is 13.4. The normalized spacial score (nSPS) is 11.1. The van der Waals surface area contributed by atoms with Crippen LogP contribution in [0.15, 0.2) is 42.6 Å². The minimum atomic E-state index is -0.271. The van der Waals surface area contributed by atoms with E-state index in [0.717, 1.165) is 16.8 Å². The predicted octanol–water partition coefficient (Wildman–Crippen LogP) is 4.66. The van der Waals surface area contributed by atoms with Crippen LogP contribution in [-0.2, 0) is 6.54 Å². The molecule has 0 radical (unpaired) electrons. The van der Waals surface area contributed by atoms with Crippen LogP contribution in [0.5, 0.6) is 0 Å². The van der Waals surface area contributed by atoms with Crippen molar-refractivity contribution >= 4 is 22.8 Å². The molecule has 0 unspecified atom stereocenters. The van der Waals surface area contributed by atoms with Gasteiger partial charge in [0.2, 0.25) is 0 Å². The fourth-order valence-corrected chi connectivity index (χ4v) is 3.61. The van der Waals surface area contributed by atoms with Crippen molar-refractivity contribution in [2.75, 3.05) is 5.32 Å². The topological polar surface area (TPSA) is 101 Å². The third-order valence-corrected chi connectivity index (χ3v) is 5.23. The summed E-state index contributed by atoms with van der Waals surface area (Å²) >= 11 is 0. The van der Waals surface area contributed by atoms with Crippen LogP contribution in [-0.4, -0.2) is 30.5 Å². The third-order valence-electron chi connectivity index (χ3n) is 5.23. The van der Waals surface area contributed by atoms with Gasteiger partial charge in [-0.1, -0.05) is 29.8 Å². The van der Waals surface area contributed by atoms with E-state index in [0.29, 0.717) is 41.1 Å². The standard InChI is InChI=1S/C24H25N7O/c1-15(2)31-23-20(14-26-31)19(13-21(27-23)18-8-6-16(3)7-9-18)24(32)28-22-12-17(4)29-30(22)11-5-10-25/h6-9,12-15H,5,11H2,1-4H3,(H,28,32). The van der Waals surface area contributed by atoms with Gasteiger partial charge in [0.25, 0.3) is 5.91 Å². The first kappa shape index (κ1) is 21.2. The van der Waals surface area contributed by atoms with Gasteiger partial charge in [0, 0.05) is 17.7 Å². The van der Waals surface area contributed by atoms with Crippen LogP contribution in [0.2, 0.25) is 0 Å². The van der Waals surface area contributed by atoms with Crippen LogP contribution in [0.3, 0.4) is 0 Å². The molecule has 8 heteroatoms. The van der Waals surface area contributed by atoms with Gasteiger partial charge in [0.15, 0.2) is 5.65 Å². The van der Waals surface area contributed by atoms with Gasteiger partial charge >= 0.3 is 0 Å². The zero-order valence-corrected chi connectivity index (χ0v) is 18.6. The van der Waals surface area contributed by atoms with Crippen molar-refractivity contribution < 1.29 is 4.79 Å². The van der Waals surface area contributed by atoms with Gasteiger partial charge in [-0.2, -0.15) is 15.5 Å². The van der Waals surface area contributed by atoms with E-state index in [1.807, 2.05) is 56.6 Å². The molecular formula is C24H25N7O. The summed E-state index contributed by atoms with van der Waals surface area (Å²) in [5.41, 5.74) is 4.71. The molecule has 0 aliphatic carbocycles. The molecule has 3 aromatic heterocycles. The molecule has 1 amide bonds. The van der Waals surface area contributed by atoms with Crippen molar-refractivity contribution in [1.29, 1.82) is 5.26 Å². The average Bonchev–Trinajstić information content (AvgIpc) is 3.35. The number of hydrogen-bond donors (Lipinski definition) is 1. The summed E-state index contributed by atoms with van der Waals surface area (Å²) in [5.74, 6) is 0.285. The van der Waals surface area contributed by atoms with Crippen molar-refractivity contribution in [1.82, 2.24) is 24.5 Å². The van der Waals surface area contributed by atoms with Gasteiger partial charge in [-0.05, 0) is 33.8 Å². The summed E-state index contributed by atoms with van der Waals surface area (Å²) in [5, 5.41) is 21.4. The number of nitrogens with one attached hydrogen (secondary N) is 1. The zero-order valence-electron chi connectivity index (χ0n) is 18.6. The number of pyridine rings is 1. The monoisotopic (exact) mass is 427 g/mol. The second kappa shape index (κ2) is 8.63. The highest BCUT2D eigenvalue weighted by Gasteiger charge is 2.20. The lowest BCUT2D eigenvalue weighted by Crippen LogP contribution is -2.17. The fraction of sp³-hybridized carbons (Fsp3) is 0.292. The highest BCUT2D eigenvalue weighted by Crippen LogP contribution is 2.27. The number of aromatic nitrogens is 5. The van der Waals surface area contributed by atoms with Gasteiger partial charge < -0.3 is 5.32 Å². The van der Waals surface area contributed by atoms with E-state index in [9.17, 15) is 4.79 Å². The van der Waals surface area contributed by atoms with E-state index in [1.54, 1.807) is 23.0 Å². The molecular weight excluding hydrogens is 402 g/mol. The van der Waals surface area contributed by atoms with Crippen molar-refractivity contribution in [3.63, 3.8) is 0 Å². The van der Waals surface area contributed by atoms with Crippen molar-refractivity contribution in [3.05, 3.63) is 59.4 Å². The van der Waals surface area contributed by atoms with E-state index in [-0.39, 0.29) is 11.9 Å². The molecule has 0 atom stereocenters. The first-order chi connectivity index (χ1) is 15.4. The van der Waals surface area contributed by atoms with Crippen molar-refractivity contribution in [2.45, 2.75) is 46.7 Å². The Hall–Kier alpha value is -3.99. The largest absolute Gasteiger partial charge is 0.307 e. The van der Waals surface area contributed by atoms with Crippen LogP contribution < -0.4 is 5.32 Å². The Balaban J connectivity index is 1.80. The van der Waals surface area contributed by atoms with Crippen LogP contribution in [0, 0.1) is 25.2 Å². The lowest BCUT2D eigenvalue weighted by atomic mass is 10.1. The number of anilines is 1. The smallest absolute Gasteiger partial charge is 0.257 e. The second-order valence-corrected chi connectivity index (χ2v) is 8.10. The van der Waals surface area contributed by atoms with Gasteiger partial charge in [0.1, 0.15) is 5.82 Å². The average molecular weight is 428 g/mol. The van der Waals surface area contributed by atoms with Gasteiger partial charge in [-0.15, -0.1) is 0 Å². The van der Waals surface area contributed by atoms with E-state index in [2.05, 4.69) is 21.6 Å². The Bertz CT molecular complexity index is 1320. The molecule has 32 heavy (non-hydrogen) atoms. The summed E-state index contributed by atoms with van der Waals surface area (Å²) in [7, 11) is 0. The molecule has 3 heterocycles. The molecule has 0 bridgehead atoms. The molecule has 8 nitrogen and oxygen atoms in total. The summed E-state index contributed by atoms with van der Waals surface area (Å²) in [6, 6.07) is 13.9. The number of carbonyl (C=O) groups excluding carboxylic acids is 1. The molecule has 0 saturated heterocycles. The number of carbonyl (C=O) groups is 1. The number of amides is 1. The van der Waals surface area contributed by atoms with Gasteiger partial charge in [0.05, 0.1) is 47.6 Å². The molecule has 1 N–H and O–H groups in total. The van der Waals surface area contributed by atoms with Crippen LogP contribution in [0.25, 0.3) is 22.3 Å². The molecule has 1 aromatic carbocycles. The lowest BCUT2D eigenvalue weighted by Gasteiger charge is -2.12. The van der Waals surface area contributed by atoms with Crippen LogP contribution in [0.1, 0.15) is 47.9 Å². The third kappa shape index (κ3) is 4.10. The minimum Gasteiger partial charge on any atom is -0.307 e. The van der Waals surface area contributed by atoms with E-state index < -0.39 is 0 Å². The van der Waals surface area contributed by atoms with Crippen molar-refractivity contribution in [3.8, 4) is 17.3 Å². The first-order valence-corrected chi connectivity index (χ1v) is 10.6. The maximum atomic E-state index is 13.4. The Morgan fingerprint density at radius 3 is 2.62 bits per heavy atom. The minimum absolute atomic E-state index is 0.0965. The second-order valence-electron chi connectivity index (χ2n) is 8.10. The molecule has 0 aliphatic heterocycles. The highest BCUT2D eigenvalue weighted by molar-refractivity contribution is 6.12. The van der Waals surface area contributed by atoms with Crippen LogP contribution >= 0.6 is 0 Å². The molecule has 0 saturated carbocycles. The fourth-order valence-electron chi connectivity index (χ4n) is 3.61. The Morgan fingerprint density at radius 2 is 1.94 bits per heavy atom. The number of benzene rings is 1. The highest BCUT2D eigenvalue weighted by atomic mass is 16.1. The zero-order chi connectivity index (χ0) is 22.8. The number of hydrogen-bond acceptors (Lipinski definition) is 5. The summed E-state index contributed by atoms with van der Waals surface area (Å²) in [6.07, 6.45) is 2.00. The molecule has 4 rings (SSSR count). The summed E-state index contributed by atoms with van der Waals surface area (Å²) < 4.78 is 3.47. The Kier molecular flexibility index (Phi) is 5.73.